The molecule has 0 aliphatic rings. The molecule has 1 heterocycles. The average molecular weight is 618 g/mol. The Morgan fingerprint density at radius 1 is 1.14 bits per heavy atom. The fraction of sp³-hybridized carbons (Fsp3) is 0.348. The van der Waals surface area contributed by atoms with E-state index in [0.717, 1.165) is 55.4 Å². The summed E-state index contributed by atoms with van der Waals surface area (Å²) < 4.78 is 13.9. The van der Waals surface area contributed by atoms with Crippen LogP contribution in [-0.4, -0.2) is 33.0 Å². The highest BCUT2D eigenvalue weighted by Gasteiger charge is 2.23. The van der Waals surface area contributed by atoms with Crippen LogP contribution in [0.4, 0.5) is 0 Å². The molecule has 0 bridgehead atoms. The second kappa shape index (κ2) is 10.3. The minimum atomic E-state index is 0.0150. The predicted molar refractivity (Wildman–Crippen MR) is 133 cm³/mol. The maximum atomic E-state index is 13.5. The third-order valence-electron chi connectivity index (χ3n) is 4.76. The Morgan fingerprint density at radius 2 is 1.83 bits per heavy atom. The third-order valence-corrected chi connectivity index (χ3v) is 6.36. The van der Waals surface area contributed by atoms with Gasteiger partial charge in [0.15, 0.2) is 5.78 Å². The number of para-hydroxylation sites is 1. The maximum Gasteiger partial charge on any atom is 0.197 e. The number of hydrogen-bond acceptors (Lipinski definition) is 3. The zero-order valence-electron chi connectivity index (χ0n) is 17.0. The molecule has 154 valence electrons. The van der Waals surface area contributed by atoms with Crippen LogP contribution in [0, 0.1) is 7.14 Å². The summed E-state index contributed by atoms with van der Waals surface area (Å²) in [6.45, 7) is 3.72. The van der Waals surface area contributed by atoms with Crippen molar-refractivity contribution in [3.8, 4) is 5.75 Å². The number of hydrogen-bond donors (Lipinski definition) is 1. The first kappa shape index (κ1) is 22.6. The largest absolute Gasteiger partial charge is 0.485 e. The molecule has 0 saturated carbocycles. The molecule has 0 fully saturated rings. The quantitative estimate of drug-likeness (QED) is 0.279. The van der Waals surface area contributed by atoms with Crippen molar-refractivity contribution in [1.82, 2.24) is 0 Å². The van der Waals surface area contributed by atoms with Crippen LogP contribution < -0.4 is 9.64 Å². The van der Waals surface area contributed by atoms with E-state index in [9.17, 15) is 4.79 Å². The SMILES string of the molecule is CCCCc1oc2ccccc2c1C(=O)c1cc(I)c(OCC[NH+](C)C)c(I)c1. The molecule has 0 radical (unpaired) electrons. The normalized spacial score (nSPS) is 11.4. The van der Waals surface area contributed by atoms with E-state index in [0.29, 0.717) is 17.7 Å². The van der Waals surface area contributed by atoms with Gasteiger partial charge in [-0.25, -0.2) is 0 Å². The molecule has 1 N–H and O–H groups in total. The van der Waals surface area contributed by atoms with Gasteiger partial charge in [0.25, 0.3) is 0 Å². The number of rotatable bonds is 9. The van der Waals surface area contributed by atoms with E-state index in [-0.39, 0.29) is 5.78 Å². The number of carbonyl (C=O) groups excluding carboxylic acids is 1. The number of benzene rings is 2. The molecule has 0 amide bonds. The number of ether oxygens (including phenoxy) is 1. The van der Waals surface area contributed by atoms with Crippen LogP contribution in [0.15, 0.2) is 40.8 Å². The Bertz CT molecular complexity index is 988. The lowest BCUT2D eigenvalue weighted by molar-refractivity contribution is -0.858. The summed E-state index contributed by atoms with van der Waals surface area (Å²) in [7, 11) is 4.21. The molecular weight excluding hydrogens is 592 g/mol. The summed E-state index contributed by atoms with van der Waals surface area (Å²) in [5.41, 5.74) is 2.15. The lowest BCUT2D eigenvalue weighted by Crippen LogP contribution is -3.06. The number of furan rings is 1. The minimum absolute atomic E-state index is 0.0150. The van der Waals surface area contributed by atoms with Gasteiger partial charge in [0.05, 0.1) is 26.8 Å². The first-order valence-electron chi connectivity index (χ1n) is 9.88. The van der Waals surface area contributed by atoms with Crippen molar-refractivity contribution in [2.75, 3.05) is 27.2 Å². The average Bonchev–Trinajstić information content (AvgIpc) is 3.05. The molecule has 1 aromatic heterocycles. The van der Waals surface area contributed by atoms with Gasteiger partial charge in [-0.1, -0.05) is 31.5 Å². The first-order chi connectivity index (χ1) is 13.9. The summed E-state index contributed by atoms with van der Waals surface area (Å²) in [5, 5.41) is 0.892. The van der Waals surface area contributed by atoms with Gasteiger partial charge in [-0.3, -0.25) is 4.79 Å². The number of carbonyl (C=O) groups is 1. The minimum Gasteiger partial charge on any atom is -0.485 e. The van der Waals surface area contributed by atoms with Crippen LogP contribution in [0.1, 0.15) is 41.4 Å². The van der Waals surface area contributed by atoms with Crippen molar-refractivity contribution in [2.24, 2.45) is 0 Å². The number of nitrogens with one attached hydrogen (secondary N) is 1. The summed E-state index contributed by atoms with van der Waals surface area (Å²) in [6.07, 6.45) is 2.82. The standard InChI is InChI=1S/C23H25I2NO3/c1-4-5-9-20-21(16-8-6-7-10-19(16)29-20)22(27)15-13-17(24)23(18(25)14-15)28-12-11-26(2)3/h6-8,10,13-14H,4-5,9,11-12H2,1-3H3/p+1. The second-order valence-corrected chi connectivity index (χ2v) is 9.73. The van der Waals surface area contributed by atoms with Gasteiger partial charge in [0, 0.05) is 17.4 Å². The van der Waals surface area contributed by atoms with Gasteiger partial charge in [-0.2, -0.15) is 0 Å². The molecule has 4 nitrogen and oxygen atoms in total. The van der Waals surface area contributed by atoms with Crippen molar-refractivity contribution in [3.63, 3.8) is 0 Å². The summed E-state index contributed by atoms with van der Waals surface area (Å²) in [4.78, 5) is 14.9. The van der Waals surface area contributed by atoms with Crippen LogP contribution in [0.25, 0.3) is 11.0 Å². The molecule has 0 spiro atoms. The van der Waals surface area contributed by atoms with Crippen LogP contribution >= 0.6 is 45.2 Å². The number of ketones is 1. The fourth-order valence-corrected chi connectivity index (χ4v) is 5.27. The number of aryl methyl sites for hydroxylation is 1. The Hall–Kier alpha value is -1.13. The van der Waals surface area contributed by atoms with Gasteiger partial charge >= 0.3 is 0 Å². The number of quaternary nitrogens is 1. The van der Waals surface area contributed by atoms with E-state index in [1.165, 1.54) is 4.90 Å². The monoisotopic (exact) mass is 618 g/mol. The van der Waals surface area contributed by atoms with Gasteiger partial charge in [-0.05, 0) is 69.8 Å². The Morgan fingerprint density at radius 3 is 2.48 bits per heavy atom. The van der Waals surface area contributed by atoms with E-state index in [1.54, 1.807) is 0 Å². The second-order valence-electron chi connectivity index (χ2n) is 7.40. The van der Waals surface area contributed by atoms with Gasteiger partial charge < -0.3 is 14.1 Å². The van der Waals surface area contributed by atoms with Crippen molar-refractivity contribution >= 4 is 61.9 Å². The third kappa shape index (κ3) is 5.32. The summed E-state index contributed by atoms with van der Waals surface area (Å²) >= 11 is 4.51. The first-order valence-corrected chi connectivity index (χ1v) is 12.0. The van der Waals surface area contributed by atoms with Gasteiger partial charge in [0.2, 0.25) is 0 Å². The van der Waals surface area contributed by atoms with Crippen molar-refractivity contribution in [1.29, 1.82) is 0 Å². The maximum absolute atomic E-state index is 13.5. The van der Waals surface area contributed by atoms with Crippen LogP contribution in [0.2, 0.25) is 0 Å². The van der Waals surface area contributed by atoms with Crippen LogP contribution in [0.5, 0.6) is 5.75 Å². The zero-order chi connectivity index (χ0) is 21.0. The fourth-order valence-electron chi connectivity index (χ4n) is 3.19. The topological polar surface area (TPSA) is 43.9 Å². The highest BCUT2D eigenvalue weighted by Crippen LogP contribution is 2.33. The zero-order valence-corrected chi connectivity index (χ0v) is 21.3. The Labute approximate surface area is 199 Å². The molecule has 0 aliphatic carbocycles. The molecule has 0 unspecified atom stereocenters. The molecule has 6 heteroatoms. The highest BCUT2D eigenvalue weighted by atomic mass is 127. The molecule has 0 saturated heterocycles. The molecule has 29 heavy (non-hydrogen) atoms. The van der Waals surface area contributed by atoms with Crippen molar-refractivity contribution in [2.45, 2.75) is 26.2 Å². The van der Waals surface area contributed by atoms with E-state index in [4.69, 9.17) is 9.15 Å². The summed E-state index contributed by atoms with van der Waals surface area (Å²) in [6, 6.07) is 11.6. The van der Waals surface area contributed by atoms with Crippen molar-refractivity contribution in [3.05, 3.63) is 60.4 Å². The molecule has 2 aromatic carbocycles. The molecule has 0 aliphatic heterocycles. The lowest BCUT2D eigenvalue weighted by Gasteiger charge is -2.13. The summed E-state index contributed by atoms with van der Waals surface area (Å²) in [5.74, 6) is 1.66. The van der Waals surface area contributed by atoms with E-state index < -0.39 is 0 Å². The van der Waals surface area contributed by atoms with Crippen LogP contribution in [-0.2, 0) is 6.42 Å². The van der Waals surface area contributed by atoms with Gasteiger partial charge in [0.1, 0.15) is 30.2 Å². The van der Waals surface area contributed by atoms with Gasteiger partial charge in [-0.15, -0.1) is 0 Å². The Kier molecular flexibility index (Phi) is 7.98. The number of likely N-dealkylation sites (N-methyl/N-ethyl adjacent to an activating group) is 1. The molecule has 3 rings (SSSR count). The molecular formula is C23H26I2NO3+. The predicted octanol–water partition coefficient (Wildman–Crippen LogP) is 4.74. The van der Waals surface area contributed by atoms with Crippen molar-refractivity contribution < 1.29 is 18.8 Å². The smallest absolute Gasteiger partial charge is 0.197 e. The molecule has 0 atom stereocenters. The number of unbranched alkanes of at least 4 members (excludes halogenated alkanes) is 1. The number of fused-ring (bicyclic) bond motifs is 1. The van der Waals surface area contributed by atoms with Crippen LogP contribution in [0.3, 0.4) is 0 Å². The number of halogens is 2. The van der Waals surface area contributed by atoms with E-state index in [2.05, 4.69) is 66.2 Å². The van der Waals surface area contributed by atoms with E-state index >= 15 is 0 Å². The highest BCUT2D eigenvalue weighted by molar-refractivity contribution is 14.1. The van der Waals surface area contributed by atoms with E-state index in [1.807, 2.05) is 36.4 Å². The lowest BCUT2D eigenvalue weighted by atomic mass is 9.98. The Balaban J connectivity index is 1.96. The molecule has 3 aromatic rings.